The van der Waals surface area contributed by atoms with Crippen molar-refractivity contribution in [2.45, 2.75) is 13.8 Å². The predicted molar refractivity (Wildman–Crippen MR) is 93.3 cm³/mol. The van der Waals surface area contributed by atoms with Crippen LogP contribution in [-0.4, -0.2) is 25.1 Å². The molecular formula is C18H19N3O3. The Morgan fingerprint density at radius 1 is 1.04 bits per heavy atom. The lowest BCUT2D eigenvalue weighted by Crippen LogP contribution is -2.32. The second-order valence-corrected chi connectivity index (χ2v) is 5.23. The van der Waals surface area contributed by atoms with Gasteiger partial charge in [0, 0.05) is 5.69 Å². The number of nitrogens with zero attached hydrogens (tertiary/aromatic N) is 1. The van der Waals surface area contributed by atoms with E-state index in [1.54, 1.807) is 43.5 Å². The molecule has 0 radical (unpaired) electrons. The van der Waals surface area contributed by atoms with Gasteiger partial charge in [-0.15, -0.1) is 0 Å². The third-order valence-corrected chi connectivity index (χ3v) is 3.44. The molecule has 0 saturated carbocycles. The fourth-order valence-electron chi connectivity index (χ4n) is 1.95. The maximum Gasteiger partial charge on any atom is 0.329 e. The Balaban J connectivity index is 1.92. The lowest BCUT2D eigenvalue weighted by molar-refractivity contribution is -0.136. The van der Waals surface area contributed by atoms with Gasteiger partial charge in [0.25, 0.3) is 0 Å². The molecule has 0 spiro atoms. The summed E-state index contributed by atoms with van der Waals surface area (Å²) in [7, 11) is 1.56. The summed E-state index contributed by atoms with van der Waals surface area (Å²) in [5.41, 5.74) is 5.64. The van der Waals surface area contributed by atoms with Gasteiger partial charge in [-0.05, 0) is 54.8 Å². The molecule has 0 aliphatic heterocycles. The molecular weight excluding hydrogens is 306 g/mol. The first kappa shape index (κ1) is 17.2. The van der Waals surface area contributed by atoms with Crippen molar-refractivity contribution >= 4 is 23.7 Å². The number of ether oxygens (including phenoxy) is 1. The van der Waals surface area contributed by atoms with Gasteiger partial charge in [0.05, 0.1) is 13.3 Å². The number of hydrogen-bond acceptors (Lipinski definition) is 4. The van der Waals surface area contributed by atoms with E-state index >= 15 is 0 Å². The number of anilines is 1. The van der Waals surface area contributed by atoms with Crippen LogP contribution in [-0.2, 0) is 9.59 Å². The van der Waals surface area contributed by atoms with Crippen LogP contribution in [0, 0.1) is 13.8 Å². The van der Waals surface area contributed by atoms with Crippen molar-refractivity contribution < 1.29 is 14.3 Å². The maximum absolute atomic E-state index is 11.8. The van der Waals surface area contributed by atoms with Crippen LogP contribution in [0.5, 0.6) is 5.75 Å². The van der Waals surface area contributed by atoms with Crippen molar-refractivity contribution in [1.29, 1.82) is 0 Å². The van der Waals surface area contributed by atoms with Gasteiger partial charge in [-0.1, -0.05) is 18.2 Å². The molecule has 0 aliphatic carbocycles. The summed E-state index contributed by atoms with van der Waals surface area (Å²) in [5.74, 6) is -0.939. The largest absolute Gasteiger partial charge is 0.497 e. The number of nitrogens with one attached hydrogen (secondary N) is 2. The SMILES string of the molecule is COc1cccc(C=NNC(=O)C(=O)Nc2ccc(C)c(C)c2)c1. The lowest BCUT2D eigenvalue weighted by Gasteiger charge is -2.06. The Labute approximate surface area is 140 Å². The minimum Gasteiger partial charge on any atom is -0.497 e. The van der Waals surface area contributed by atoms with Crippen molar-refractivity contribution in [2.24, 2.45) is 5.10 Å². The highest BCUT2D eigenvalue weighted by Gasteiger charge is 2.13. The number of rotatable bonds is 4. The second kappa shape index (κ2) is 7.92. The van der Waals surface area contributed by atoms with E-state index in [1.165, 1.54) is 6.21 Å². The van der Waals surface area contributed by atoms with Crippen LogP contribution in [0.15, 0.2) is 47.6 Å². The van der Waals surface area contributed by atoms with Crippen LogP contribution in [0.3, 0.4) is 0 Å². The summed E-state index contributed by atoms with van der Waals surface area (Å²) in [6.45, 7) is 3.91. The zero-order chi connectivity index (χ0) is 17.5. The standard InChI is InChI=1S/C18H19N3O3/c1-12-7-8-15(9-13(12)2)20-17(22)18(23)21-19-11-14-5-4-6-16(10-14)24-3/h4-11H,1-3H3,(H,20,22)(H,21,23). The van der Waals surface area contributed by atoms with Crippen LogP contribution in [0.2, 0.25) is 0 Å². The summed E-state index contributed by atoms with van der Waals surface area (Å²) in [5, 5.41) is 6.30. The van der Waals surface area contributed by atoms with Crippen LogP contribution < -0.4 is 15.5 Å². The molecule has 2 aromatic rings. The van der Waals surface area contributed by atoms with Crippen molar-refractivity contribution in [3.8, 4) is 5.75 Å². The molecule has 0 unspecified atom stereocenters. The topological polar surface area (TPSA) is 79.8 Å². The van der Waals surface area contributed by atoms with Crippen LogP contribution in [0.4, 0.5) is 5.69 Å². The Morgan fingerprint density at radius 2 is 1.83 bits per heavy atom. The van der Waals surface area contributed by atoms with Gasteiger partial charge in [0.1, 0.15) is 5.75 Å². The maximum atomic E-state index is 11.8. The molecule has 6 heteroatoms. The first-order chi connectivity index (χ1) is 11.5. The molecule has 0 atom stereocenters. The molecule has 24 heavy (non-hydrogen) atoms. The summed E-state index contributed by atoms with van der Waals surface area (Å²) in [4.78, 5) is 23.6. The number of aryl methyl sites for hydroxylation is 2. The molecule has 2 N–H and O–H groups in total. The number of carbonyl (C=O) groups is 2. The smallest absolute Gasteiger partial charge is 0.329 e. The highest BCUT2D eigenvalue weighted by atomic mass is 16.5. The monoisotopic (exact) mass is 325 g/mol. The molecule has 0 fully saturated rings. The Morgan fingerprint density at radius 3 is 2.54 bits per heavy atom. The van der Waals surface area contributed by atoms with E-state index < -0.39 is 11.8 Å². The van der Waals surface area contributed by atoms with E-state index in [4.69, 9.17) is 4.74 Å². The number of benzene rings is 2. The zero-order valence-corrected chi connectivity index (χ0v) is 13.8. The van der Waals surface area contributed by atoms with E-state index in [9.17, 15) is 9.59 Å². The Hall–Kier alpha value is -3.15. The molecule has 0 heterocycles. The van der Waals surface area contributed by atoms with Gasteiger partial charge in [-0.2, -0.15) is 5.10 Å². The normalized spacial score (nSPS) is 10.5. The molecule has 2 amide bonds. The quantitative estimate of drug-likeness (QED) is 0.515. The van der Waals surface area contributed by atoms with Crippen molar-refractivity contribution in [3.05, 3.63) is 59.2 Å². The van der Waals surface area contributed by atoms with E-state index in [0.29, 0.717) is 11.4 Å². The van der Waals surface area contributed by atoms with Crippen molar-refractivity contribution in [3.63, 3.8) is 0 Å². The Bertz CT molecular complexity index is 785. The molecule has 124 valence electrons. The minimum absolute atomic E-state index is 0.565. The highest BCUT2D eigenvalue weighted by Crippen LogP contribution is 2.14. The average Bonchev–Trinajstić information content (AvgIpc) is 2.58. The number of carbonyl (C=O) groups excluding carboxylic acids is 2. The molecule has 2 aromatic carbocycles. The third kappa shape index (κ3) is 4.67. The summed E-state index contributed by atoms with van der Waals surface area (Å²) in [6, 6.07) is 12.6. The van der Waals surface area contributed by atoms with Gasteiger partial charge >= 0.3 is 11.8 Å². The number of hydrazone groups is 1. The minimum atomic E-state index is -0.840. The molecule has 0 aromatic heterocycles. The molecule has 0 bridgehead atoms. The van der Waals surface area contributed by atoms with Gasteiger partial charge in [0.2, 0.25) is 0 Å². The van der Waals surface area contributed by atoms with Gasteiger partial charge in [-0.25, -0.2) is 5.43 Å². The second-order valence-electron chi connectivity index (χ2n) is 5.23. The molecule has 2 rings (SSSR count). The van der Waals surface area contributed by atoms with Crippen LogP contribution >= 0.6 is 0 Å². The molecule has 0 aliphatic rings. The Kier molecular flexibility index (Phi) is 5.68. The predicted octanol–water partition coefficient (Wildman–Crippen LogP) is 2.40. The molecule has 6 nitrogen and oxygen atoms in total. The summed E-state index contributed by atoms with van der Waals surface area (Å²) < 4.78 is 5.09. The number of methoxy groups -OCH3 is 1. The van der Waals surface area contributed by atoms with E-state index in [-0.39, 0.29) is 0 Å². The first-order valence-electron chi connectivity index (χ1n) is 7.35. The van der Waals surface area contributed by atoms with Crippen LogP contribution in [0.1, 0.15) is 16.7 Å². The fourth-order valence-corrected chi connectivity index (χ4v) is 1.95. The third-order valence-electron chi connectivity index (χ3n) is 3.44. The summed E-state index contributed by atoms with van der Waals surface area (Å²) in [6.07, 6.45) is 1.43. The number of amides is 2. The number of hydrogen-bond donors (Lipinski definition) is 2. The first-order valence-corrected chi connectivity index (χ1v) is 7.35. The fraction of sp³-hybridized carbons (Fsp3) is 0.167. The van der Waals surface area contributed by atoms with Gasteiger partial charge in [0.15, 0.2) is 0 Å². The molecule has 0 saturated heterocycles. The summed E-state index contributed by atoms with van der Waals surface area (Å²) >= 11 is 0. The van der Waals surface area contributed by atoms with Gasteiger partial charge in [-0.3, -0.25) is 9.59 Å². The highest BCUT2D eigenvalue weighted by molar-refractivity contribution is 6.39. The average molecular weight is 325 g/mol. The lowest BCUT2D eigenvalue weighted by atomic mass is 10.1. The van der Waals surface area contributed by atoms with Crippen molar-refractivity contribution in [2.75, 3.05) is 12.4 Å². The van der Waals surface area contributed by atoms with E-state index in [2.05, 4.69) is 15.8 Å². The van der Waals surface area contributed by atoms with E-state index in [1.807, 2.05) is 19.9 Å². The van der Waals surface area contributed by atoms with Gasteiger partial charge < -0.3 is 10.1 Å². The van der Waals surface area contributed by atoms with E-state index in [0.717, 1.165) is 16.7 Å². The van der Waals surface area contributed by atoms with Crippen LogP contribution in [0.25, 0.3) is 0 Å². The zero-order valence-electron chi connectivity index (χ0n) is 13.8. The van der Waals surface area contributed by atoms with Crippen molar-refractivity contribution in [1.82, 2.24) is 5.43 Å².